The maximum atomic E-state index is 13.4. The van der Waals surface area contributed by atoms with Gasteiger partial charge in [-0.1, -0.05) is 12.8 Å². The molecular weight excluding hydrogens is 423 g/mol. The third kappa shape index (κ3) is 5.17. The van der Waals surface area contributed by atoms with Crippen molar-refractivity contribution in [3.63, 3.8) is 0 Å². The average Bonchev–Trinajstić information content (AvgIpc) is 3.17. The summed E-state index contributed by atoms with van der Waals surface area (Å²) in [6.45, 7) is 3.16. The molecule has 7 nitrogen and oxygen atoms in total. The lowest BCUT2D eigenvalue weighted by Crippen LogP contribution is -2.37. The van der Waals surface area contributed by atoms with E-state index in [1.54, 1.807) is 20.1 Å². The summed E-state index contributed by atoms with van der Waals surface area (Å²) in [7, 11) is 3.58. The second kappa shape index (κ2) is 9.40. The standard InChI is InChI=1S/C22H30F3N5O2/c1-4-32-18-10-14(9-17(29-18)22(23,24)25)15-11-16(19(26)20(27)28-15)30(2)12-21(13-31-3)7-5-6-8-21/h9-11H,4-8,12-13,26H2,1-3H3,(H2,27,28). The smallest absolute Gasteiger partial charge is 0.433 e. The molecule has 0 bridgehead atoms. The van der Waals surface area contributed by atoms with Crippen LogP contribution in [0.2, 0.25) is 0 Å². The summed E-state index contributed by atoms with van der Waals surface area (Å²) >= 11 is 0. The van der Waals surface area contributed by atoms with E-state index in [4.69, 9.17) is 20.9 Å². The van der Waals surface area contributed by atoms with E-state index in [0.717, 1.165) is 31.7 Å². The highest BCUT2D eigenvalue weighted by Gasteiger charge is 2.36. The number of nitrogen functional groups attached to an aromatic ring is 2. The van der Waals surface area contributed by atoms with Crippen LogP contribution in [0.15, 0.2) is 18.2 Å². The van der Waals surface area contributed by atoms with Crippen LogP contribution in [0, 0.1) is 5.41 Å². The van der Waals surface area contributed by atoms with Crippen molar-refractivity contribution in [3.8, 4) is 17.1 Å². The molecule has 32 heavy (non-hydrogen) atoms. The molecule has 3 rings (SSSR count). The molecule has 4 N–H and O–H groups in total. The summed E-state index contributed by atoms with van der Waals surface area (Å²) in [6.07, 6.45) is -0.289. The molecule has 0 radical (unpaired) electrons. The number of nitrogens with two attached hydrogens (primary N) is 2. The minimum absolute atomic E-state index is 0.00358. The molecule has 0 aromatic carbocycles. The number of halogens is 3. The number of anilines is 3. The van der Waals surface area contributed by atoms with Gasteiger partial charge in [-0.05, 0) is 31.9 Å². The Hall–Kier alpha value is -2.75. The molecule has 176 valence electrons. The summed E-state index contributed by atoms with van der Waals surface area (Å²) in [4.78, 5) is 9.79. The van der Waals surface area contributed by atoms with Gasteiger partial charge in [0.1, 0.15) is 11.5 Å². The van der Waals surface area contributed by atoms with Crippen LogP contribution in [0.3, 0.4) is 0 Å². The fourth-order valence-electron chi connectivity index (χ4n) is 4.41. The zero-order valence-corrected chi connectivity index (χ0v) is 18.6. The summed E-state index contributed by atoms with van der Waals surface area (Å²) in [6, 6.07) is 4.02. The van der Waals surface area contributed by atoms with Crippen molar-refractivity contribution in [2.24, 2.45) is 5.41 Å². The van der Waals surface area contributed by atoms with Crippen LogP contribution in [0.25, 0.3) is 11.3 Å². The first-order valence-electron chi connectivity index (χ1n) is 10.6. The highest BCUT2D eigenvalue weighted by molar-refractivity contribution is 5.82. The van der Waals surface area contributed by atoms with E-state index in [-0.39, 0.29) is 40.7 Å². The SMILES string of the molecule is CCOc1cc(-c2cc(N(C)CC3(COC)CCCC3)c(N)c(N)n2)cc(C(F)(F)F)n1. The van der Waals surface area contributed by atoms with Crippen LogP contribution < -0.4 is 21.1 Å². The topological polar surface area (TPSA) is 99.5 Å². The first-order valence-corrected chi connectivity index (χ1v) is 10.6. The largest absolute Gasteiger partial charge is 0.478 e. The quantitative estimate of drug-likeness (QED) is 0.612. The molecule has 2 heterocycles. The van der Waals surface area contributed by atoms with Crippen molar-refractivity contribution in [2.75, 3.05) is 50.3 Å². The van der Waals surface area contributed by atoms with E-state index in [1.807, 2.05) is 11.9 Å². The Bertz CT molecular complexity index is 946. The number of hydrogen-bond donors (Lipinski definition) is 2. The van der Waals surface area contributed by atoms with Crippen molar-refractivity contribution < 1.29 is 22.6 Å². The zero-order chi connectivity index (χ0) is 23.5. The summed E-state index contributed by atoms with van der Waals surface area (Å²) in [5.41, 5.74) is 12.6. The van der Waals surface area contributed by atoms with Crippen LogP contribution >= 0.6 is 0 Å². The fourth-order valence-corrected chi connectivity index (χ4v) is 4.41. The van der Waals surface area contributed by atoms with Crippen LogP contribution in [0.4, 0.5) is 30.4 Å². The van der Waals surface area contributed by atoms with Crippen LogP contribution in [-0.4, -0.2) is 43.9 Å². The van der Waals surface area contributed by atoms with Gasteiger partial charge in [0.25, 0.3) is 0 Å². The highest BCUT2D eigenvalue weighted by atomic mass is 19.4. The van der Waals surface area contributed by atoms with Gasteiger partial charge >= 0.3 is 6.18 Å². The number of rotatable bonds is 8. The molecule has 10 heteroatoms. The van der Waals surface area contributed by atoms with Gasteiger partial charge in [-0.2, -0.15) is 13.2 Å². The Balaban J connectivity index is 2.02. The van der Waals surface area contributed by atoms with Gasteiger partial charge in [0, 0.05) is 37.7 Å². The van der Waals surface area contributed by atoms with E-state index >= 15 is 0 Å². The van der Waals surface area contributed by atoms with Gasteiger partial charge in [-0.15, -0.1) is 0 Å². The summed E-state index contributed by atoms with van der Waals surface area (Å²) < 4.78 is 50.9. The maximum Gasteiger partial charge on any atom is 0.433 e. The maximum absolute atomic E-state index is 13.4. The first kappa shape index (κ1) is 23.9. The Morgan fingerprint density at radius 2 is 1.81 bits per heavy atom. The van der Waals surface area contributed by atoms with Gasteiger partial charge in [-0.3, -0.25) is 0 Å². The number of ether oxygens (including phenoxy) is 2. The molecule has 1 aliphatic rings. The first-order chi connectivity index (χ1) is 15.1. The van der Waals surface area contributed by atoms with Crippen molar-refractivity contribution >= 4 is 17.2 Å². The molecule has 0 atom stereocenters. The van der Waals surface area contributed by atoms with Crippen molar-refractivity contribution in [2.45, 2.75) is 38.8 Å². The van der Waals surface area contributed by atoms with Crippen molar-refractivity contribution in [1.29, 1.82) is 0 Å². The minimum atomic E-state index is -4.63. The zero-order valence-electron chi connectivity index (χ0n) is 18.6. The monoisotopic (exact) mass is 453 g/mol. The predicted octanol–water partition coefficient (Wildman–Crippen LogP) is 4.37. The van der Waals surface area contributed by atoms with E-state index in [2.05, 4.69) is 9.97 Å². The Kier molecular flexibility index (Phi) is 7.02. The van der Waals surface area contributed by atoms with Gasteiger partial charge < -0.3 is 25.8 Å². The molecule has 0 spiro atoms. The van der Waals surface area contributed by atoms with E-state index in [9.17, 15) is 13.2 Å². The van der Waals surface area contributed by atoms with Crippen molar-refractivity contribution in [1.82, 2.24) is 9.97 Å². The molecule has 0 unspecified atom stereocenters. The number of alkyl halides is 3. The summed E-state index contributed by atoms with van der Waals surface area (Å²) in [5, 5.41) is 0. The molecule has 0 aliphatic heterocycles. The third-order valence-corrected chi connectivity index (χ3v) is 5.85. The van der Waals surface area contributed by atoms with Crippen molar-refractivity contribution in [3.05, 3.63) is 23.9 Å². The second-order valence-electron chi connectivity index (χ2n) is 8.33. The lowest BCUT2D eigenvalue weighted by atomic mass is 9.86. The van der Waals surface area contributed by atoms with Gasteiger partial charge in [-0.25, -0.2) is 9.97 Å². The molecule has 1 aliphatic carbocycles. The molecule has 2 aromatic rings. The van der Waals surface area contributed by atoms with Gasteiger partial charge in [0.15, 0.2) is 0 Å². The normalized spacial score (nSPS) is 15.7. The number of methoxy groups -OCH3 is 1. The summed E-state index contributed by atoms with van der Waals surface area (Å²) in [5.74, 6) is -0.0747. The number of pyridine rings is 2. The minimum Gasteiger partial charge on any atom is -0.478 e. The van der Waals surface area contributed by atoms with Crippen LogP contribution in [-0.2, 0) is 10.9 Å². The third-order valence-electron chi connectivity index (χ3n) is 5.85. The van der Waals surface area contributed by atoms with E-state index in [1.165, 1.54) is 6.07 Å². The van der Waals surface area contributed by atoms with E-state index < -0.39 is 11.9 Å². The highest BCUT2D eigenvalue weighted by Crippen LogP contribution is 2.41. The Morgan fingerprint density at radius 1 is 1.12 bits per heavy atom. The van der Waals surface area contributed by atoms with Gasteiger partial charge in [0.2, 0.25) is 5.88 Å². The molecule has 0 saturated heterocycles. The fraction of sp³-hybridized carbons (Fsp3) is 0.545. The second-order valence-corrected chi connectivity index (χ2v) is 8.33. The number of hydrogen-bond acceptors (Lipinski definition) is 7. The van der Waals surface area contributed by atoms with E-state index in [0.29, 0.717) is 18.8 Å². The van der Waals surface area contributed by atoms with Gasteiger partial charge in [0.05, 0.1) is 30.3 Å². The molecule has 0 amide bonds. The number of nitrogens with zero attached hydrogens (tertiary/aromatic N) is 3. The Labute approximate surface area is 185 Å². The molecule has 1 saturated carbocycles. The number of aromatic nitrogens is 2. The lowest BCUT2D eigenvalue weighted by Gasteiger charge is -2.34. The molecule has 2 aromatic heterocycles. The predicted molar refractivity (Wildman–Crippen MR) is 119 cm³/mol. The van der Waals surface area contributed by atoms with Crippen LogP contribution in [0.5, 0.6) is 5.88 Å². The molecular formula is C22H30F3N5O2. The molecule has 1 fully saturated rings. The lowest BCUT2D eigenvalue weighted by molar-refractivity contribution is -0.141. The Morgan fingerprint density at radius 3 is 2.41 bits per heavy atom. The van der Waals surface area contributed by atoms with Crippen LogP contribution in [0.1, 0.15) is 38.3 Å². The average molecular weight is 454 g/mol.